The minimum Gasteiger partial charge on any atom is -0.370 e. The summed E-state index contributed by atoms with van der Waals surface area (Å²) in [6, 6.07) is 1.95. The first-order valence-corrected chi connectivity index (χ1v) is 7.74. The van der Waals surface area contributed by atoms with E-state index >= 15 is 0 Å². The first kappa shape index (κ1) is 15.5. The largest absolute Gasteiger partial charge is 0.370 e. The average molecular weight is 291 g/mol. The molecule has 1 aromatic rings. The highest BCUT2D eigenvalue weighted by Crippen LogP contribution is 2.18. The molecule has 21 heavy (non-hydrogen) atoms. The molecule has 0 aliphatic carbocycles. The molecule has 0 spiro atoms. The summed E-state index contributed by atoms with van der Waals surface area (Å²) in [5, 5.41) is 3.31. The zero-order chi connectivity index (χ0) is 15.2. The molecule has 0 bridgehead atoms. The summed E-state index contributed by atoms with van der Waals surface area (Å²) in [4.78, 5) is 25.0. The third kappa shape index (κ3) is 4.06. The van der Waals surface area contributed by atoms with Crippen LogP contribution < -0.4 is 10.2 Å². The Bertz CT molecular complexity index is 491. The van der Waals surface area contributed by atoms with Crippen LogP contribution in [-0.2, 0) is 11.2 Å². The summed E-state index contributed by atoms with van der Waals surface area (Å²) in [5.74, 6) is 2.66. The van der Waals surface area contributed by atoms with Gasteiger partial charge in [0.2, 0.25) is 5.91 Å². The minimum absolute atomic E-state index is 0.146. The highest BCUT2D eigenvalue weighted by molar-refractivity contribution is 5.81. The number of hydrogen-bond acceptors (Lipinski definition) is 5. The Hall–Kier alpha value is -1.85. The van der Waals surface area contributed by atoms with Crippen molar-refractivity contribution in [2.75, 3.05) is 43.4 Å². The van der Waals surface area contributed by atoms with Crippen molar-refractivity contribution in [2.45, 2.75) is 33.1 Å². The Morgan fingerprint density at radius 1 is 1.29 bits per heavy atom. The van der Waals surface area contributed by atoms with Crippen molar-refractivity contribution in [1.29, 1.82) is 0 Å². The Balaban J connectivity index is 2.22. The molecule has 116 valence electrons. The molecule has 1 saturated heterocycles. The van der Waals surface area contributed by atoms with Gasteiger partial charge in [0.25, 0.3) is 0 Å². The highest BCUT2D eigenvalue weighted by atomic mass is 16.2. The number of nitrogens with zero attached hydrogens (tertiary/aromatic N) is 4. The molecule has 0 aromatic carbocycles. The number of rotatable bonds is 5. The number of carbonyl (C=O) groups excluding carboxylic acids is 1. The van der Waals surface area contributed by atoms with Crippen LogP contribution in [0.25, 0.3) is 0 Å². The van der Waals surface area contributed by atoms with Crippen LogP contribution in [0, 0.1) is 0 Å². The summed E-state index contributed by atoms with van der Waals surface area (Å²) in [7, 11) is 1.86. The minimum atomic E-state index is 0.146. The van der Waals surface area contributed by atoms with Gasteiger partial charge in [0.15, 0.2) is 0 Å². The van der Waals surface area contributed by atoms with Gasteiger partial charge in [0.1, 0.15) is 17.5 Å². The van der Waals surface area contributed by atoms with Crippen molar-refractivity contribution in [3.63, 3.8) is 0 Å². The molecule has 1 aliphatic rings. The molecule has 0 unspecified atom stereocenters. The molecule has 2 heterocycles. The zero-order valence-corrected chi connectivity index (χ0v) is 13.2. The lowest BCUT2D eigenvalue weighted by atomic mass is 10.3. The second-order valence-corrected chi connectivity index (χ2v) is 5.40. The molecule has 6 nitrogen and oxygen atoms in total. The van der Waals surface area contributed by atoms with E-state index in [0.29, 0.717) is 6.54 Å². The van der Waals surface area contributed by atoms with Crippen LogP contribution in [0.4, 0.5) is 11.6 Å². The Morgan fingerprint density at radius 2 is 2.10 bits per heavy atom. The number of nitrogens with one attached hydrogen (secondary N) is 1. The third-order valence-electron chi connectivity index (χ3n) is 3.63. The van der Waals surface area contributed by atoms with Gasteiger partial charge in [-0.15, -0.1) is 0 Å². The molecule has 1 fully saturated rings. The maximum atomic E-state index is 12.0. The standard InChI is InChI=1S/C15H25N5O/c1-4-7-16-13-10-14(18-12(5-2)17-13)20-9-6-8-19(3)15(21)11-20/h10H,4-9,11H2,1-3H3,(H,16,17,18). The molecule has 2 rings (SSSR count). The lowest BCUT2D eigenvalue weighted by Gasteiger charge is -2.22. The van der Waals surface area contributed by atoms with Crippen LogP contribution in [0.3, 0.4) is 0 Å². The lowest BCUT2D eigenvalue weighted by Crippen LogP contribution is -2.34. The van der Waals surface area contributed by atoms with E-state index < -0.39 is 0 Å². The van der Waals surface area contributed by atoms with E-state index in [1.807, 2.05) is 20.0 Å². The monoisotopic (exact) mass is 291 g/mol. The maximum Gasteiger partial charge on any atom is 0.241 e. The predicted molar refractivity (Wildman–Crippen MR) is 84.7 cm³/mol. The molecule has 0 atom stereocenters. The average Bonchev–Trinajstić information content (AvgIpc) is 2.67. The smallest absolute Gasteiger partial charge is 0.241 e. The molecular formula is C15H25N5O. The molecule has 1 aromatic heterocycles. The summed E-state index contributed by atoms with van der Waals surface area (Å²) in [6.07, 6.45) is 2.80. The van der Waals surface area contributed by atoms with Gasteiger partial charge in [0, 0.05) is 39.2 Å². The lowest BCUT2D eigenvalue weighted by molar-refractivity contribution is -0.127. The van der Waals surface area contributed by atoms with Crippen LogP contribution in [0.15, 0.2) is 6.07 Å². The van der Waals surface area contributed by atoms with E-state index in [4.69, 9.17) is 0 Å². The van der Waals surface area contributed by atoms with Crippen molar-refractivity contribution in [3.05, 3.63) is 11.9 Å². The fourth-order valence-corrected chi connectivity index (χ4v) is 2.33. The van der Waals surface area contributed by atoms with Gasteiger partial charge in [-0.1, -0.05) is 13.8 Å². The summed E-state index contributed by atoms with van der Waals surface area (Å²) >= 11 is 0. The maximum absolute atomic E-state index is 12.0. The van der Waals surface area contributed by atoms with Gasteiger partial charge in [-0.3, -0.25) is 4.79 Å². The number of anilines is 2. The fraction of sp³-hybridized carbons (Fsp3) is 0.667. The summed E-state index contributed by atoms with van der Waals surface area (Å²) < 4.78 is 0. The van der Waals surface area contributed by atoms with Crippen molar-refractivity contribution < 1.29 is 4.79 Å². The molecule has 6 heteroatoms. The van der Waals surface area contributed by atoms with Crippen LogP contribution in [0.2, 0.25) is 0 Å². The van der Waals surface area contributed by atoms with E-state index in [1.54, 1.807) is 4.90 Å². The predicted octanol–water partition coefficient (Wildman–Crippen LogP) is 1.53. The SMILES string of the molecule is CCCNc1cc(N2CCCN(C)C(=O)C2)nc(CC)n1. The highest BCUT2D eigenvalue weighted by Gasteiger charge is 2.20. The number of likely N-dealkylation sites (N-methyl/N-ethyl adjacent to an activating group) is 1. The third-order valence-corrected chi connectivity index (χ3v) is 3.63. The number of carbonyl (C=O) groups is 1. The van der Waals surface area contributed by atoms with E-state index in [-0.39, 0.29) is 5.91 Å². The van der Waals surface area contributed by atoms with Gasteiger partial charge in [-0.2, -0.15) is 0 Å². The Morgan fingerprint density at radius 3 is 2.81 bits per heavy atom. The van der Waals surface area contributed by atoms with Crippen molar-refractivity contribution in [1.82, 2.24) is 14.9 Å². The van der Waals surface area contributed by atoms with E-state index in [9.17, 15) is 4.79 Å². The number of aryl methyl sites for hydroxylation is 1. The summed E-state index contributed by atoms with van der Waals surface area (Å²) in [6.45, 7) is 7.11. The van der Waals surface area contributed by atoms with Gasteiger partial charge in [0.05, 0.1) is 6.54 Å². The van der Waals surface area contributed by atoms with Gasteiger partial charge in [-0.25, -0.2) is 9.97 Å². The molecule has 1 amide bonds. The first-order valence-electron chi connectivity index (χ1n) is 7.74. The van der Waals surface area contributed by atoms with E-state index in [1.165, 1.54) is 0 Å². The van der Waals surface area contributed by atoms with Crippen LogP contribution in [0.1, 0.15) is 32.5 Å². The second kappa shape index (κ2) is 7.24. The van der Waals surface area contributed by atoms with Crippen LogP contribution >= 0.6 is 0 Å². The van der Waals surface area contributed by atoms with E-state index in [2.05, 4.69) is 27.1 Å². The van der Waals surface area contributed by atoms with Crippen LogP contribution in [-0.4, -0.2) is 54.0 Å². The number of amides is 1. The summed E-state index contributed by atoms with van der Waals surface area (Å²) in [5.41, 5.74) is 0. The molecular weight excluding hydrogens is 266 g/mol. The molecule has 1 aliphatic heterocycles. The number of hydrogen-bond donors (Lipinski definition) is 1. The van der Waals surface area contributed by atoms with Crippen molar-refractivity contribution in [3.8, 4) is 0 Å². The normalized spacial score (nSPS) is 16.0. The zero-order valence-electron chi connectivity index (χ0n) is 13.2. The van der Waals surface area contributed by atoms with Gasteiger partial charge < -0.3 is 15.1 Å². The van der Waals surface area contributed by atoms with Crippen molar-refractivity contribution >= 4 is 17.5 Å². The topological polar surface area (TPSA) is 61.4 Å². The van der Waals surface area contributed by atoms with Crippen LogP contribution in [0.5, 0.6) is 0 Å². The molecule has 0 radical (unpaired) electrons. The Kier molecular flexibility index (Phi) is 5.36. The second-order valence-electron chi connectivity index (χ2n) is 5.40. The number of aromatic nitrogens is 2. The Labute approximate surface area is 126 Å². The fourth-order valence-electron chi connectivity index (χ4n) is 2.33. The van der Waals surface area contributed by atoms with Crippen molar-refractivity contribution in [2.24, 2.45) is 0 Å². The quantitative estimate of drug-likeness (QED) is 0.891. The molecule has 1 N–H and O–H groups in total. The first-order chi connectivity index (χ1) is 10.1. The molecule has 0 saturated carbocycles. The van der Waals surface area contributed by atoms with Gasteiger partial charge >= 0.3 is 0 Å². The van der Waals surface area contributed by atoms with Gasteiger partial charge in [-0.05, 0) is 12.8 Å². The van der Waals surface area contributed by atoms with E-state index in [0.717, 1.165) is 56.4 Å².